The highest BCUT2D eigenvalue weighted by atomic mass is 35.5. The van der Waals surface area contributed by atoms with Crippen LogP contribution in [0.4, 0.5) is 0 Å². The summed E-state index contributed by atoms with van der Waals surface area (Å²) in [5.74, 6) is 0.0440. The fraction of sp³-hybridized carbons (Fsp3) is 0.417. The van der Waals surface area contributed by atoms with Gasteiger partial charge in [0.1, 0.15) is 0 Å². The lowest BCUT2D eigenvalue weighted by atomic mass is 10.3. The monoisotopic (exact) mass is 274 g/mol. The molecule has 0 aliphatic heterocycles. The molecule has 0 aliphatic carbocycles. The van der Waals surface area contributed by atoms with Gasteiger partial charge in [-0.15, -0.1) is 11.8 Å². The Hall–Kier alpha value is -0.710. The van der Waals surface area contributed by atoms with Gasteiger partial charge in [-0.05, 0) is 19.1 Å². The summed E-state index contributed by atoms with van der Waals surface area (Å²) in [7, 11) is 0. The molecule has 5 heteroatoms. The van der Waals surface area contributed by atoms with Gasteiger partial charge in [-0.3, -0.25) is 4.79 Å². The number of halogens is 1. The van der Waals surface area contributed by atoms with Gasteiger partial charge in [0.25, 0.3) is 0 Å². The molecule has 0 aliphatic rings. The molecule has 1 atom stereocenters. The number of carbonyl (C=O) groups is 1. The maximum Gasteiger partial charge on any atom is 0.308 e. The average molecular weight is 275 g/mol. The van der Waals surface area contributed by atoms with Crippen molar-refractivity contribution < 1.29 is 14.6 Å². The third-order valence-electron chi connectivity index (χ3n) is 1.98. The van der Waals surface area contributed by atoms with E-state index in [-0.39, 0.29) is 12.4 Å². The van der Waals surface area contributed by atoms with Crippen molar-refractivity contribution in [3.8, 4) is 0 Å². The zero-order valence-corrected chi connectivity index (χ0v) is 11.1. The van der Waals surface area contributed by atoms with Gasteiger partial charge in [0, 0.05) is 10.6 Å². The van der Waals surface area contributed by atoms with Crippen LogP contribution in [-0.4, -0.2) is 29.5 Å². The second kappa shape index (κ2) is 7.58. The second-order valence-electron chi connectivity index (χ2n) is 3.40. The number of hydrogen-bond donors (Lipinski definition) is 1. The number of esters is 1. The van der Waals surface area contributed by atoms with Gasteiger partial charge in [-0.2, -0.15) is 0 Å². The van der Waals surface area contributed by atoms with E-state index in [2.05, 4.69) is 0 Å². The summed E-state index contributed by atoms with van der Waals surface area (Å²) in [5, 5.41) is 10.3. The Morgan fingerprint density at radius 3 is 2.88 bits per heavy atom. The molecule has 0 saturated carbocycles. The molecule has 3 nitrogen and oxygen atoms in total. The molecule has 1 aromatic carbocycles. The summed E-state index contributed by atoms with van der Waals surface area (Å²) in [6, 6.07) is 7.40. The summed E-state index contributed by atoms with van der Waals surface area (Å²) in [4.78, 5) is 12.0. The third kappa shape index (κ3) is 5.44. The quantitative estimate of drug-likeness (QED) is 0.640. The zero-order chi connectivity index (χ0) is 12.7. The molecule has 0 spiro atoms. The third-order valence-corrected chi connectivity index (χ3v) is 3.64. The fourth-order valence-corrected chi connectivity index (χ4v) is 2.39. The van der Waals surface area contributed by atoms with Gasteiger partial charge in [0.05, 0.1) is 24.2 Å². The normalized spacial score (nSPS) is 12.2. The summed E-state index contributed by atoms with van der Waals surface area (Å²) in [5.41, 5.74) is 0. The van der Waals surface area contributed by atoms with Gasteiger partial charge in [-0.1, -0.05) is 23.7 Å². The van der Waals surface area contributed by atoms with Crippen molar-refractivity contribution in [2.45, 2.75) is 24.3 Å². The van der Waals surface area contributed by atoms with Crippen LogP contribution in [0.5, 0.6) is 0 Å². The molecule has 1 N–H and O–H groups in total. The van der Waals surface area contributed by atoms with Crippen molar-refractivity contribution in [3.63, 3.8) is 0 Å². The smallest absolute Gasteiger partial charge is 0.308 e. The molecule has 94 valence electrons. The zero-order valence-electron chi connectivity index (χ0n) is 9.56. The lowest BCUT2D eigenvalue weighted by Crippen LogP contribution is -2.17. The Labute approximate surface area is 110 Å². The van der Waals surface area contributed by atoms with E-state index >= 15 is 0 Å². The molecule has 0 saturated heterocycles. The van der Waals surface area contributed by atoms with Crippen LogP contribution in [0.3, 0.4) is 0 Å². The number of aliphatic hydroxyl groups is 1. The van der Waals surface area contributed by atoms with Crippen molar-refractivity contribution >= 4 is 29.3 Å². The second-order valence-corrected chi connectivity index (χ2v) is 4.87. The Morgan fingerprint density at radius 1 is 1.53 bits per heavy atom. The minimum atomic E-state index is -0.713. The van der Waals surface area contributed by atoms with E-state index in [1.165, 1.54) is 11.8 Å². The molecule has 0 radical (unpaired) electrons. The first-order valence-corrected chi connectivity index (χ1v) is 6.70. The first kappa shape index (κ1) is 14.4. The highest BCUT2D eigenvalue weighted by Gasteiger charge is 2.12. The number of hydrogen-bond acceptors (Lipinski definition) is 4. The number of rotatable bonds is 6. The minimum absolute atomic E-state index is 0.0191. The minimum Gasteiger partial charge on any atom is -0.466 e. The predicted octanol–water partition coefficient (Wildman–Crippen LogP) is 2.75. The van der Waals surface area contributed by atoms with E-state index in [0.29, 0.717) is 17.4 Å². The first-order valence-electron chi connectivity index (χ1n) is 5.34. The molecular weight excluding hydrogens is 260 g/mol. The van der Waals surface area contributed by atoms with Crippen molar-refractivity contribution in [3.05, 3.63) is 29.3 Å². The van der Waals surface area contributed by atoms with Crippen LogP contribution in [0.1, 0.15) is 13.3 Å². The average Bonchev–Trinajstić information content (AvgIpc) is 2.28. The van der Waals surface area contributed by atoms with Crippen molar-refractivity contribution in [1.82, 2.24) is 0 Å². The maximum absolute atomic E-state index is 11.1. The molecule has 0 aromatic heterocycles. The maximum atomic E-state index is 11.1. The highest BCUT2D eigenvalue weighted by Crippen LogP contribution is 2.27. The van der Waals surface area contributed by atoms with Crippen LogP contribution in [-0.2, 0) is 9.53 Å². The Kier molecular flexibility index (Phi) is 6.40. The van der Waals surface area contributed by atoms with E-state index in [1.807, 2.05) is 18.2 Å². The summed E-state index contributed by atoms with van der Waals surface area (Å²) >= 11 is 7.39. The Balaban J connectivity index is 2.35. The van der Waals surface area contributed by atoms with Gasteiger partial charge in [-0.25, -0.2) is 0 Å². The number of aliphatic hydroxyl groups excluding tert-OH is 1. The number of ether oxygens (including phenoxy) is 1. The Morgan fingerprint density at radius 2 is 2.24 bits per heavy atom. The van der Waals surface area contributed by atoms with Crippen LogP contribution < -0.4 is 0 Å². The Bertz CT molecular complexity index is 371. The van der Waals surface area contributed by atoms with Crippen LogP contribution in [0.2, 0.25) is 5.02 Å². The SMILES string of the molecule is CCOC(=O)CC(O)CSc1ccccc1Cl. The van der Waals surface area contributed by atoms with Gasteiger partial charge >= 0.3 is 5.97 Å². The van der Waals surface area contributed by atoms with E-state index in [9.17, 15) is 9.90 Å². The van der Waals surface area contributed by atoms with Crippen LogP contribution >= 0.6 is 23.4 Å². The highest BCUT2D eigenvalue weighted by molar-refractivity contribution is 7.99. The van der Waals surface area contributed by atoms with Crippen LogP contribution in [0.25, 0.3) is 0 Å². The number of benzene rings is 1. The van der Waals surface area contributed by atoms with Gasteiger partial charge < -0.3 is 9.84 Å². The van der Waals surface area contributed by atoms with Gasteiger partial charge in [0.2, 0.25) is 0 Å². The van der Waals surface area contributed by atoms with E-state index in [1.54, 1.807) is 13.0 Å². The molecule has 1 unspecified atom stereocenters. The molecule has 0 amide bonds. The summed E-state index contributed by atoms with van der Waals surface area (Å²) < 4.78 is 4.75. The molecule has 0 heterocycles. The molecule has 17 heavy (non-hydrogen) atoms. The number of thioether (sulfide) groups is 1. The molecular formula is C12H15ClO3S. The van der Waals surface area contributed by atoms with Crippen LogP contribution in [0.15, 0.2) is 29.2 Å². The van der Waals surface area contributed by atoms with Crippen LogP contribution in [0, 0.1) is 0 Å². The van der Waals surface area contributed by atoms with Crippen molar-refractivity contribution in [2.24, 2.45) is 0 Å². The summed E-state index contributed by atoms with van der Waals surface area (Å²) in [6.07, 6.45) is -0.694. The van der Waals surface area contributed by atoms with Crippen molar-refractivity contribution in [2.75, 3.05) is 12.4 Å². The summed E-state index contributed by atoms with van der Waals surface area (Å²) in [6.45, 7) is 2.08. The fourth-order valence-electron chi connectivity index (χ4n) is 1.22. The van der Waals surface area contributed by atoms with E-state index < -0.39 is 6.10 Å². The van der Waals surface area contributed by atoms with Crippen molar-refractivity contribution in [1.29, 1.82) is 0 Å². The predicted molar refractivity (Wildman–Crippen MR) is 69.4 cm³/mol. The van der Waals surface area contributed by atoms with Gasteiger partial charge in [0.15, 0.2) is 0 Å². The topological polar surface area (TPSA) is 46.5 Å². The molecule has 0 fully saturated rings. The van der Waals surface area contributed by atoms with E-state index in [4.69, 9.17) is 16.3 Å². The van der Waals surface area contributed by atoms with E-state index in [0.717, 1.165) is 4.90 Å². The largest absolute Gasteiger partial charge is 0.466 e. The lowest BCUT2D eigenvalue weighted by Gasteiger charge is -2.10. The number of carbonyl (C=O) groups excluding carboxylic acids is 1. The molecule has 1 aromatic rings. The molecule has 0 bridgehead atoms. The molecule has 1 rings (SSSR count). The lowest BCUT2D eigenvalue weighted by molar-refractivity contribution is -0.144. The standard InChI is InChI=1S/C12H15ClO3S/c1-2-16-12(15)7-9(14)8-17-11-6-4-3-5-10(11)13/h3-6,9,14H,2,7-8H2,1H3. The first-order chi connectivity index (χ1) is 8.13.